The van der Waals surface area contributed by atoms with E-state index in [0.29, 0.717) is 36.9 Å². The number of piperazine rings is 1. The fourth-order valence-corrected chi connectivity index (χ4v) is 3.52. The summed E-state index contributed by atoms with van der Waals surface area (Å²) in [5, 5.41) is 3.68. The van der Waals surface area contributed by atoms with Crippen LogP contribution in [0.25, 0.3) is 0 Å². The van der Waals surface area contributed by atoms with E-state index in [1.54, 1.807) is 15.9 Å². The fourth-order valence-electron chi connectivity index (χ4n) is 2.65. The van der Waals surface area contributed by atoms with Gasteiger partial charge in [-0.25, -0.2) is 0 Å². The van der Waals surface area contributed by atoms with Crippen LogP contribution in [0, 0.1) is 0 Å². The van der Waals surface area contributed by atoms with E-state index in [-0.39, 0.29) is 18.4 Å². The lowest BCUT2D eigenvalue weighted by molar-refractivity contribution is -0.135. The topological polar surface area (TPSA) is 76.7 Å². The molecule has 1 aromatic rings. The number of carbonyl (C=O) groups is 2. The smallest absolute Gasteiger partial charge is 0.246 e. The normalized spacial score (nSPS) is 16.0. The quantitative estimate of drug-likeness (QED) is 0.558. The van der Waals surface area contributed by atoms with Gasteiger partial charge in [0.05, 0.1) is 40.8 Å². The molecule has 0 atom stereocenters. The molecule has 2 heterocycles. The SMILES string of the molecule is C=CC(=O)N1CCN(C(=O)CNc2c(Cl)ccc3c2NSN3)CC1. The Hall–Kier alpha value is -2.06. The Morgan fingerprint density at radius 2 is 1.96 bits per heavy atom. The van der Waals surface area contributed by atoms with Gasteiger partial charge in [-0.15, -0.1) is 0 Å². The molecule has 2 aliphatic rings. The highest BCUT2D eigenvalue weighted by Gasteiger charge is 2.24. The molecule has 0 aliphatic carbocycles. The summed E-state index contributed by atoms with van der Waals surface area (Å²) in [6.45, 7) is 5.74. The lowest BCUT2D eigenvalue weighted by atomic mass is 10.2. The van der Waals surface area contributed by atoms with Crippen LogP contribution >= 0.6 is 23.7 Å². The second kappa shape index (κ2) is 7.23. The van der Waals surface area contributed by atoms with Gasteiger partial charge in [0, 0.05) is 26.2 Å². The van der Waals surface area contributed by atoms with Gasteiger partial charge in [-0.05, 0) is 18.2 Å². The Morgan fingerprint density at radius 1 is 1.25 bits per heavy atom. The van der Waals surface area contributed by atoms with Gasteiger partial charge in [0.25, 0.3) is 0 Å². The van der Waals surface area contributed by atoms with Crippen LogP contribution in [0.1, 0.15) is 0 Å². The number of benzene rings is 1. The van der Waals surface area contributed by atoms with Gasteiger partial charge < -0.3 is 24.6 Å². The van der Waals surface area contributed by atoms with Crippen molar-refractivity contribution in [3.63, 3.8) is 0 Å². The van der Waals surface area contributed by atoms with Gasteiger partial charge in [0.2, 0.25) is 11.8 Å². The van der Waals surface area contributed by atoms with Crippen LogP contribution in [0.15, 0.2) is 24.8 Å². The number of halogens is 1. The number of carbonyl (C=O) groups excluding carboxylic acids is 2. The average Bonchev–Trinajstić information content (AvgIpc) is 3.09. The molecule has 0 radical (unpaired) electrons. The molecule has 1 saturated heterocycles. The van der Waals surface area contributed by atoms with E-state index >= 15 is 0 Å². The predicted molar refractivity (Wildman–Crippen MR) is 98.1 cm³/mol. The molecule has 0 saturated carbocycles. The molecule has 0 bridgehead atoms. The number of rotatable bonds is 4. The minimum absolute atomic E-state index is 0.0204. The zero-order valence-corrected chi connectivity index (χ0v) is 14.5. The Morgan fingerprint density at radius 3 is 2.67 bits per heavy atom. The first-order valence-electron chi connectivity index (χ1n) is 7.53. The van der Waals surface area contributed by atoms with Gasteiger partial charge in [-0.2, -0.15) is 0 Å². The summed E-state index contributed by atoms with van der Waals surface area (Å²) in [6, 6.07) is 3.67. The van der Waals surface area contributed by atoms with Crippen LogP contribution in [-0.2, 0) is 9.59 Å². The lowest BCUT2D eigenvalue weighted by Gasteiger charge is -2.34. The van der Waals surface area contributed by atoms with E-state index in [0.717, 1.165) is 11.4 Å². The molecular weight excluding hydrogens is 350 g/mol. The van der Waals surface area contributed by atoms with Crippen LogP contribution in [0.2, 0.25) is 5.02 Å². The Kier molecular flexibility index (Phi) is 5.06. The molecule has 1 aromatic carbocycles. The zero-order chi connectivity index (χ0) is 17.1. The maximum absolute atomic E-state index is 12.4. The van der Waals surface area contributed by atoms with E-state index in [4.69, 9.17) is 11.6 Å². The first-order valence-corrected chi connectivity index (χ1v) is 8.73. The van der Waals surface area contributed by atoms with Crippen LogP contribution in [0.4, 0.5) is 17.1 Å². The number of fused-ring (bicyclic) bond motifs is 1. The Labute approximate surface area is 149 Å². The predicted octanol–water partition coefficient (Wildman–Crippen LogP) is 2.01. The second-order valence-corrected chi connectivity index (χ2v) is 6.43. The highest BCUT2D eigenvalue weighted by atomic mass is 35.5. The Balaban J connectivity index is 1.57. The zero-order valence-electron chi connectivity index (χ0n) is 13.0. The third kappa shape index (κ3) is 3.39. The van der Waals surface area contributed by atoms with Crippen molar-refractivity contribution < 1.29 is 9.59 Å². The van der Waals surface area contributed by atoms with E-state index in [1.165, 1.54) is 18.2 Å². The van der Waals surface area contributed by atoms with Gasteiger partial charge in [-0.1, -0.05) is 18.2 Å². The van der Waals surface area contributed by atoms with Crippen molar-refractivity contribution >= 4 is 52.6 Å². The minimum Gasteiger partial charge on any atom is -0.373 e. The molecule has 3 rings (SSSR count). The summed E-state index contributed by atoms with van der Waals surface area (Å²) in [5.41, 5.74) is 2.48. The molecule has 9 heteroatoms. The number of hydrogen-bond acceptors (Lipinski definition) is 6. The van der Waals surface area contributed by atoms with Crippen molar-refractivity contribution in [2.45, 2.75) is 0 Å². The highest BCUT2D eigenvalue weighted by Crippen LogP contribution is 2.42. The summed E-state index contributed by atoms with van der Waals surface area (Å²) >= 11 is 7.58. The minimum atomic E-state index is -0.0945. The van der Waals surface area contributed by atoms with Gasteiger partial charge >= 0.3 is 0 Å². The van der Waals surface area contributed by atoms with Crippen molar-refractivity contribution in [3.8, 4) is 0 Å². The van der Waals surface area contributed by atoms with Gasteiger partial charge in [-0.3, -0.25) is 9.59 Å². The third-order valence-electron chi connectivity index (χ3n) is 4.00. The molecule has 2 aliphatic heterocycles. The van der Waals surface area contributed by atoms with Crippen molar-refractivity contribution in [3.05, 3.63) is 29.8 Å². The first-order chi connectivity index (χ1) is 11.6. The molecule has 0 aromatic heterocycles. The molecular formula is C15H18ClN5O2S. The molecule has 2 amide bonds. The number of nitrogens with zero attached hydrogens (tertiary/aromatic N) is 2. The van der Waals surface area contributed by atoms with Crippen molar-refractivity contribution in [1.82, 2.24) is 9.80 Å². The van der Waals surface area contributed by atoms with Gasteiger partial charge in [0.15, 0.2) is 0 Å². The molecule has 7 nitrogen and oxygen atoms in total. The Bertz CT molecular complexity index is 676. The van der Waals surface area contributed by atoms with Crippen LogP contribution in [0.3, 0.4) is 0 Å². The maximum atomic E-state index is 12.4. The third-order valence-corrected chi connectivity index (χ3v) is 4.95. The van der Waals surface area contributed by atoms with Crippen molar-refractivity contribution in [1.29, 1.82) is 0 Å². The highest BCUT2D eigenvalue weighted by molar-refractivity contribution is 8.02. The van der Waals surface area contributed by atoms with Gasteiger partial charge in [0.1, 0.15) is 0 Å². The van der Waals surface area contributed by atoms with E-state index in [9.17, 15) is 9.59 Å². The standard InChI is InChI=1S/C15H18ClN5O2S/c1-2-12(22)20-5-7-21(8-6-20)13(23)9-17-14-10(16)3-4-11-15(14)19-24-18-11/h2-4,17-19H,1,5-9H2. The second-order valence-electron chi connectivity index (χ2n) is 5.41. The number of hydrogen-bond donors (Lipinski definition) is 3. The summed E-state index contributed by atoms with van der Waals surface area (Å²) < 4.78 is 6.22. The summed E-state index contributed by atoms with van der Waals surface area (Å²) in [7, 11) is 0. The summed E-state index contributed by atoms with van der Waals surface area (Å²) in [5.74, 6) is -0.115. The number of amides is 2. The summed E-state index contributed by atoms with van der Waals surface area (Å²) in [4.78, 5) is 27.4. The molecule has 3 N–H and O–H groups in total. The molecule has 24 heavy (non-hydrogen) atoms. The van der Waals surface area contributed by atoms with Crippen LogP contribution in [-0.4, -0.2) is 54.3 Å². The molecule has 1 fully saturated rings. The van der Waals surface area contributed by atoms with Crippen LogP contribution < -0.4 is 14.8 Å². The average molecular weight is 368 g/mol. The maximum Gasteiger partial charge on any atom is 0.246 e. The first kappa shape index (κ1) is 16.8. The monoisotopic (exact) mass is 367 g/mol. The molecule has 0 spiro atoms. The fraction of sp³-hybridized carbons (Fsp3) is 0.333. The molecule has 128 valence electrons. The summed E-state index contributed by atoms with van der Waals surface area (Å²) in [6.07, 6.45) is 1.30. The van der Waals surface area contributed by atoms with Crippen molar-refractivity contribution in [2.75, 3.05) is 47.5 Å². The number of anilines is 3. The van der Waals surface area contributed by atoms with Crippen LogP contribution in [0.5, 0.6) is 0 Å². The number of nitrogens with one attached hydrogen (secondary N) is 3. The largest absolute Gasteiger partial charge is 0.373 e. The van der Waals surface area contributed by atoms with E-state index in [2.05, 4.69) is 21.3 Å². The lowest BCUT2D eigenvalue weighted by Crippen LogP contribution is -2.51. The van der Waals surface area contributed by atoms with E-state index < -0.39 is 0 Å². The van der Waals surface area contributed by atoms with E-state index in [1.807, 2.05) is 6.07 Å². The van der Waals surface area contributed by atoms with Crippen molar-refractivity contribution in [2.24, 2.45) is 0 Å². The molecule has 0 unspecified atom stereocenters.